The Hall–Kier alpha value is -4.40. The van der Waals surface area contributed by atoms with Gasteiger partial charge in [-0.2, -0.15) is 5.10 Å². The van der Waals surface area contributed by atoms with Crippen molar-refractivity contribution in [3.8, 4) is 5.75 Å². The van der Waals surface area contributed by atoms with Crippen LogP contribution in [0.15, 0.2) is 77.5 Å². The average Bonchev–Trinajstić information content (AvgIpc) is 3.42. The number of anilines is 1. The molecule has 0 fully saturated rings. The van der Waals surface area contributed by atoms with E-state index in [0.29, 0.717) is 29.3 Å². The zero-order chi connectivity index (χ0) is 22.5. The second kappa shape index (κ2) is 9.17. The molecule has 0 spiro atoms. The smallest absolute Gasteiger partial charge is 0.291 e. The molecule has 0 radical (unpaired) electrons. The number of carbonyl (C=O) groups is 1. The van der Waals surface area contributed by atoms with Crippen LogP contribution in [0.25, 0.3) is 0 Å². The number of amides is 1. The quantitative estimate of drug-likeness (QED) is 0.322. The maximum Gasteiger partial charge on any atom is 0.291 e. The molecule has 4 rings (SSSR count). The van der Waals surface area contributed by atoms with Crippen LogP contribution < -0.4 is 10.1 Å². The van der Waals surface area contributed by atoms with Crippen LogP contribution in [-0.4, -0.2) is 20.6 Å². The number of carbonyl (C=O) groups excluding carboxylic acids is 1. The Morgan fingerprint density at radius 1 is 1.19 bits per heavy atom. The summed E-state index contributed by atoms with van der Waals surface area (Å²) in [6.45, 7) is 2.32. The lowest BCUT2D eigenvalue weighted by molar-refractivity contribution is -0.385. The number of aryl methyl sites for hydroxylation is 1. The zero-order valence-corrected chi connectivity index (χ0v) is 17.2. The SMILES string of the molecule is Cc1cc(OCc2ccc(C(=O)Nc3cnn(Cc4ccccc4)c3)o2)ccc1[N+](=O)[O-]. The van der Waals surface area contributed by atoms with Crippen LogP contribution in [0, 0.1) is 17.0 Å². The number of nitrogens with one attached hydrogen (secondary N) is 1. The molecule has 0 aliphatic carbocycles. The Morgan fingerprint density at radius 2 is 2.00 bits per heavy atom. The molecule has 162 valence electrons. The predicted octanol–water partition coefficient (Wildman–Crippen LogP) is 4.57. The highest BCUT2D eigenvalue weighted by molar-refractivity contribution is 6.02. The van der Waals surface area contributed by atoms with Gasteiger partial charge in [-0.15, -0.1) is 0 Å². The number of rotatable bonds is 8. The van der Waals surface area contributed by atoms with E-state index in [1.54, 1.807) is 42.2 Å². The second-order valence-electron chi connectivity index (χ2n) is 7.13. The summed E-state index contributed by atoms with van der Waals surface area (Å²) >= 11 is 0. The number of ether oxygens (including phenoxy) is 1. The fraction of sp³-hybridized carbons (Fsp3) is 0.130. The first-order valence-corrected chi connectivity index (χ1v) is 9.82. The molecular formula is C23H20N4O5. The van der Waals surface area contributed by atoms with E-state index in [0.717, 1.165) is 5.56 Å². The van der Waals surface area contributed by atoms with Crippen LogP contribution in [0.2, 0.25) is 0 Å². The molecule has 9 nitrogen and oxygen atoms in total. The van der Waals surface area contributed by atoms with E-state index >= 15 is 0 Å². The van der Waals surface area contributed by atoms with Crippen molar-refractivity contribution in [3.63, 3.8) is 0 Å². The average molecular weight is 432 g/mol. The normalized spacial score (nSPS) is 10.7. The summed E-state index contributed by atoms with van der Waals surface area (Å²) in [6.07, 6.45) is 3.32. The summed E-state index contributed by atoms with van der Waals surface area (Å²) in [7, 11) is 0. The van der Waals surface area contributed by atoms with Crippen molar-refractivity contribution in [1.82, 2.24) is 9.78 Å². The predicted molar refractivity (Wildman–Crippen MR) is 117 cm³/mol. The van der Waals surface area contributed by atoms with Gasteiger partial charge in [-0.1, -0.05) is 30.3 Å². The molecule has 1 N–H and O–H groups in total. The minimum atomic E-state index is -0.443. The van der Waals surface area contributed by atoms with Crippen molar-refractivity contribution in [3.05, 3.63) is 106 Å². The highest BCUT2D eigenvalue weighted by Gasteiger charge is 2.14. The van der Waals surface area contributed by atoms with E-state index < -0.39 is 10.8 Å². The molecule has 0 unspecified atom stereocenters. The van der Waals surface area contributed by atoms with Crippen molar-refractivity contribution >= 4 is 17.3 Å². The molecule has 9 heteroatoms. The molecule has 0 saturated heterocycles. The van der Waals surface area contributed by atoms with Crippen LogP contribution in [0.5, 0.6) is 5.75 Å². The highest BCUT2D eigenvalue weighted by atomic mass is 16.6. The van der Waals surface area contributed by atoms with Gasteiger partial charge in [0.05, 0.1) is 23.4 Å². The van der Waals surface area contributed by atoms with E-state index in [1.165, 1.54) is 12.1 Å². The number of nitrogens with zero attached hydrogens (tertiary/aromatic N) is 3. The molecule has 2 aromatic heterocycles. The maximum absolute atomic E-state index is 12.5. The number of nitro groups is 1. The number of nitro benzene ring substituents is 1. The molecular weight excluding hydrogens is 412 g/mol. The summed E-state index contributed by atoms with van der Waals surface area (Å²) in [4.78, 5) is 22.9. The summed E-state index contributed by atoms with van der Waals surface area (Å²) in [5.41, 5.74) is 2.19. The van der Waals surface area contributed by atoms with Gasteiger partial charge in [0.2, 0.25) is 0 Å². The second-order valence-corrected chi connectivity index (χ2v) is 7.13. The van der Waals surface area contributed by atoms with Crippen LogP contribution in [0.1, 0.15) is 27.4 Å². The number of aromatic nitrogens is 2. The molecule has 0 aliphatic rings. The number of benzene rings is 2. The van der Waals surface area contributed by atoms with Crippen molar-refractivity contribution < 1.29 is 18.9 Å². The van der Waals surface area contributed by atoms with Gasteiger partial charge in [0.1, 0.15) is 18.1 Å². The third-order valence-electron chi connectivity index (χ3n) is 4.71. The van der Waals surface area contributed by atoms with Crippen LogP contribution in [0.3, 0.4) is 0 Å². The minimum absolute atomic E-state index is 0.0291. The van der Waals surface area contributed by atoms with Gasteiger partial charge >= 0.3 is 0 Å². The molecule has 0 aliphatic heterocycles. The molecule has 32 heavy (non-hydrogen) atoms. The van der Waals surface area contributed by atoms with Crippen LogP contribution >= 0.6 is 0 Å². The third-order valence-corrected chi connectivity index (χ3v) is 4.71. The summed E-state index contributed by atoms with van der Waals surface area (Å²) in [6, 6.07) is 17.6. The summed E-state index contributed by atoms with van der Waals surface area (Å²) < 4.78 is 12.9. The fourth-order valence-corrected chi connectivity index (χ4v) is 3.13. The van der Waals surface area contributed by atoms with E-state index in [-0.39, 0.29) is 18.1 Å². The molecule has 0 atom stereocenters. The minimum Gasteiger partial charge on any atom is -0.486 e. The lowest BCUT2D eigenvalue weighted by atomic mass is 10.2. The first-order chi connectivity index (χ1) is 15.5. The fourth-order valence-electron chi connectivity index (χ4n) is 3.13. The van der Waals surface area contributed by atoms with Gasteiger partial charge in [-0.05, 0) is 36.8 Å². The zero-order valence-electron chi connectivity index (χ0n) is 17.2. The van der Waals surface area contributed by atoms with Gasteiger partial charge < -0.3 is 14.5 Å². The number of hydrogen-bond acceptors (Lipinski definition) is 6. The Labute approximate surface area is 183 Å². The van der Waals surface area contributed by atoms with Crippen molar-refractivity contribution in [2.24, 2.45) is 0 Å². The van der Waals surface area contributed by atoms with E-state index in [9.17, 15) is 14.9 Å². The molecule has 1 amide bonds. The lowest BCUT2D eigenvalue weighted by Gasteiger charge is -2.05. The van der Waals surface area contributed by atoms with Crippen LogP contribution in [-0.2, 0) is 13.2 Å². The topological polar surface area (TPSA) is 112 Å². The molecule has 4 aromatic rings. The lowest BCUT2D eigenvalue weighted by Crippen LogP contribution is -2.10. The van der Waals surface area contributed by atoms with Gasteiger partial charge in [0.25, 0.3) is 11.6 Å². The van der Waals surface area contributed by atoms with Crippen molar-refractivity contribution in [2.45, 2.75) is 20.1 Å². The molecule has 0 saturated carbocycles. The van der Waals surface area contributed by atoms with Gasteiger partial charge in [-0.3, -0.25) is 19.6 Å². The van der Waals surface area contributed by atoms with Crippen LogP contribution in [0.4, 0.5) is 11.4 Å². The van der Waals surface area contributed by atoms with E-state index in [4.69, 9.17) is 9.15 Å². The number of furan rings is 1. The highest BCUT2D eigenvalue weighted by Crippen LogP contribution is 2.24. The largest absolute Gasteiger partial charge is 0.486 e. The van der Waals surface area contributed by atoms with Gasteiger partial charge in [-0.25, -0.2) is 0 Å². The van der Waals surface area contributed by atoms with Crippen molar-refractivity contribution in [1.29, 1.82) is 0 Å². The molecule has 0 bridgehead atoms. The van der Waals surface area contributed by atoms with E-state index in [2.05, 4.69) is 10.4 Å². The monoisotopic (exact) mass is 432 g/mol. The molecule has 2 heterocycles. The van der Waals surface area contributed by atoms with Crippen molar-refractivity contribution in [2.75, 3.05) is 5.32 Å². The standard InChI is InChI=1S/C23H20N4O5/c1-16-11-19(7-9-21(16)27(29)30)31-15-20-8-10-22(32-20)23(28)25-18-12-24-26(14-18)13-17-5-3-2-4-6-17/h2-12,14H,13,15H2,1H3,(H,25,28). The Balaban J connectivity index is 1.33. The van der Waals surface area contributed by atoms with Gasteiger partial charge in [0.15, 0.2) is 5.76 Å². The summed E-state index contributed by atoms with van der Waals surface area (Å²) in [5, 5.41) is 17.9. The Morgan fingerprint density at radius 3 is 2.75 bits per heavy atom. The first-order valence-electron chi connectivity index (χ1n) is 9.82. The summed E-state index contributed by atoms with van der Waals surface area (Å²) in [5.74, 6) is 0.660. The molecule has 2 aromatic carbocycles. The Bertz CT molecular complexity index is 1250. The Kier molecular flexibility index (Phi) is 5.98. The van der Waals surface area contributed by atoms with E-state index in [1.807, 2.05) is 30.3 Å². The number of hydrogen-bond donors (Lipinski definition) is 1. The van der Waals surface area contributed by atoms with Gasteiger partial charge in [0, 0.05) is 17.8 Å². The third kappa shape index (κ3) is 5.01. The first kappa shape index (κ1) is 20.9. The maximum atomic E-state index is 12.5.